The van der Waals surface area contributed by atoms with Gasteiger partial charge in [0.05, 0.1) is 6.10 Å². The fraction of sp³-hybridized carbons (Fsp3) is 0.889. The molecule has 2 atom stereocenters. The number of rotatable bonds is 6. The van der Waals surface area contributed by atoms with E-state index in [0.717, 1.165) is 0 Å². The molecular formula is C9H20N2O2. The monoisotopic (exact) mass is 188 g/mol. The van der Waals surface area contributed by atoms with E-state index in [1.807, 2.05) is 14.0 Å². The van der Waals surface area contributed by atoms with Crippen molar-refractivity contribution in [3.8, 4) is 0 Å². The third-order valence-electron chi connectivity index (χ3n) is 1.82. The fourth-order valence-corrected chi connectivity index (χ4v) is 0.977. The van der Waals surface area contributed by atoms with Crippen molar-refractivity contribution in [2.75, 3.05) is 20.1 Å². The topological polar surface area (TPSA) is 61.4 Å². The highest BCUT2D eigenvalue weighted by atomic mass is 16.3. The summed E-state index contributed by atoms with van der Waals surface area (Å²) in [5.41, 5.74) is 0. The van der Waals surface area contributed by atoms with Crippen LogP contribution in [0.2, 0.25) is 0 Å². The molecule has 4 heteroatoms. The summed E-state index contributed by atoms with van der Waals surface area (Å²) < 4.78 is 0. The van der Waals surface area contributed by atoms with Gasteiger partial charge < -0.3 is 15.7 Å². The highest BCUT2D eigenvalue weighted by molar-refractivity contribution is 5.78. The number of aliphatic hydroxyl groups is 1. The van der Waals surface area contributed by atoms with Gasteiger partial charge in [0.1, 0.15) is 0 Å². The van der Waals surface area contributed by atoms with E-state index in [1.54, 1.807) is 6.92 Å². The van der Waals surface area contributed by atoms with Crippen molar-refractivity contribution in [2.24, 2.45) is 5.92 Å². The second-order valence-electron chi connectivity index (χ2n) is 3.39. The molecule has 0 aromatic heterocycles. The van der Waals surface area contributed by atoms with E-state index in [1.165, 1.54) is 0 Å². The fourth-order valence-electron chi connectivity index (χ4n) is 0.977. The Morgan fingerprint density at radius 1 is 1.46 bits per heavy atom. The summed E-state index contributed by atoms with van der Waals surface area (Å²) in [5, 5.41) is 14.6. The number of amides is 1. The van der Waals surface area contributed by atoms with Gasteiger partial charge in [0.15, 0.2) is 0 Å². The maximum Gasteiger partial charge on any atom is 0.224 e. The first-order valence-corrected chi connectivity index (χ1v) is 4.68. The molecule has 13 heavy (non-hydrogen) atoms. The summed E-state index contributed by atoms with van der Waals surface area (Å²) >= 11 is 0. The lowest BCUT2D eigenvalue weighted by Crippen LogP contribution is -2.35. The van der Waals surface area contributed by atoms with Gasteiger partial charge in [-0.1, -0.05) is 6.92 Å². The van der Waals surface area contributed by atoms with Crippen LogP contribution in [0.15, 0.2) is 0 Å². The Balaban J connectivity index is 3.50. The summed E-state index contributed by atoms with van der Waals surface area (Å²) in [6.07, 6.45) is 0.262. The van der Waals surface area contributed by atoms with Gasteiger partial charge in [-0.2, -0.15) is 0 Å². The minimum atomic E-state index is -0.347. The Morgan fingerprint density at radius 2 is 2.08 bits per heavy atom. The molecule has 0 aliphatic rings. The Morgan fingerprint density at radius 3 is 2.54 bits per heavy atom. The molecule has 3 N–H and O–H groups in total. The molecule has 0 rings (SSSR count). The van der Waals surface area contributed by atoms with Crippen LogP contribution in [0, 0.1) is 5.92 Å². The molecule has 0 saturated carbocycles. The standard InChI is InChI=1S/C9H20N2O2/c1-7(6-10-3)9(13)11-5-4-8(2)12/h7-8,10,12H,4-6H2,1-3H3,(H,11,13). The van der Waals surface area contributed by atoms with Crippen molar-refractivity contribution in [3.63, 3.8) is 0 Å². The Bertz CT molecular complexity index is 149. The Labute approximate surface area is 79.7 Å². The first-order valence-electron chi connectivity index (χ1n) is 4.68. The number of aliphatic hydroxyl groups excluding tert-OH is 1. The summed E-state index contributed by atoms with van der Waals surface area (Å²) in [4.78, 5) is 11.3. The lowest BCUT2D eigenvalue weighted by Gasteiger charge is -2.11. The van der Waals surface area contributed by atoms with Crippen molar-refractivity contribution < 1.29 is 9.90 Å². The van der Waals surface area contributed by atoms with Crippen LogP contribution < -0.4 is 10.6 Å². The van der Waals surface area contributed by atoms with Crippen LogP contribution >= 0.6 is 0 Å². The molecule has 0 heterocycles. The number of hydrogen-bond donors (Lipinski definition) is 3. The number of hydrogen-bond acceptors (Lipinski definition) is 3. The van der Waals surface area contributed by atoms with E-state index in [9.17, 15) is 4.79 Å². The molecular weight excluding hydrogens is 168 g/mol. The van der Waals surface area contributed by atoms with Gasteiger partial charge in [0.2, 0.25) is 5.91 Å². The van der Waals surface area contributed by atoms with Gasteiger partial charge in [-0.05, 0) is 20.4 Å². The lowest BCUT2D eigenvalue weighted by atomic mass is 10.1. The van der Waals surface area contributed by atoms with Crippen LogP contribution in [0.4, 0.5) is 0 Å². The van der Waals surface area contributed by atoms with Crippen molar-refractivity contribution in [3.05, 3.63) is 0 Å². The molecule has 0 fully saturated rings. The largest absolute Gasteiger partial charge is 0.393 e. The van der Waals surface area contributed by atoms with E-state index >= 15 is 0 Å². The lowest BCUT2D eigenvalue weighted by molar-refractivity contribution is -0.124. The summed E-state index contributed by atoms with van der Waals surface area (Å²) in [5.74, 6) is 0.0222. The second-order valence-corrected chi connectivity index (χ2v) is 3.39. The third-order valence-corrected chi connectivity index (χ3v) is 1.82. The van der Waals surface area contributed by atoms with Gasteiger partial charge in [-0.15, -0.1) is 0 Å². The van der Waals surface area contributed by atoms with Gasteiger partial charge in [0.25, 0.3) is 0 Å². The molecule has 0 saturated heterocycles. The van der Waals surface area contributed by atoms with Crippen molar-refractivity contribution in [1.29, 1.82) is 0 Å². The van der Waals surface area contributed by atoms with E-state index in [0.29, 0.717) is 19.5 Å². The molecule has 4 nitrogen and oxygen atoms in total. The summed E-state index contributed by atoms with van der Waals surface area (Å²) in [6.45, 7) is 4.81. The zero-order chi connectivity index (χ0) is 10.3. The summed E-state index contributed by atoms with van der Waals surface area (Å²) in [7, 11) is 1.82. The van der Waals surface area contributed by atoms with Crippen LogP contribution in [0.5, 0.6) is 0 Å². The predicted octanol–water partition coefficient (Wildman–Crippen LogP) is -0.271. The Hall–Kier alpha value is -0.610. The molecule has 1 amide bonds. The van der Waals surface area contributed by atoms with Crippen LogP contribution in [-0.2, 0) is 4.79 Å². The molecule has 0 radical (unpaired) electrons. The van der Waals surface area contributed by atoms with E-state index < -0.39 is 0 Å². The molecule has 0 spiro atoms. The van der Waals surface area contributed by atoms with Crippen LogP contribution in [0.1, 0.15) is 20.3 Å². The molecule has 2 unspecified atom stereocenters. The molecule has 78 valence electrons. The second kappa shape index (κ2) is 6.86. The zero-order valence-corrected chi connectivity index (χ0v) is 8.63. The average Bonchev–Trinajstić information content (AvgIpc) is 2.04. The minimum absolute atomic E-state index is 0.0148. The number of carbonyl (C=O) groups excluding carboxylic acids is 1. The molecule has 0 aliphatic carbocycles. The van der Waals surface area contributed by atoms with E-state index in [4.69, 9.17) is 5.11 Å². The summed E-state index contributed by atoms with van der Waals surface area (Å²) in [6, 6.07) is 0. The number of carbonyl (C=O) groups is 1. The van der Waals surface area contributed by atoms with Crippen molar-refractivity contribution in [2.45, 2.75) is 26.4 Å². The van der Waals surface area contributed by atoms with E-state index in [2.05, 4.69) is 10.6 Å². The van der Waals surface area contributed by atoms with Crippen LogP contribution in [-0.4, -0.2) is 37.3 Å². The van der Waals surface area contributed by atoms with Gasteiger partial charge in [-0.3, -0.25) is 4.79 Å². The van der Waals surface area contributed by atoms with Crippen molar-refractivity contribution in [1.82, 2.24) is 10.6 Å². The normalized spacial score (nSPS) is 15.1. The maximum absolute atomic E-state index is 11.3. The van der Waals surface area contributed by atoms with Gasteiger partial charge in [-0.25, -0.2) is 0 Å². The third kappa shape index (κ3) is 6.54. The Kier molecular flexibility index (Phi) is 6.54. The molecule has 0 bridgehead atoms. The first kappa shape index (κ1) is 12.4. The zero-order valence-electron chi connectivity index (χ0n) is 8.63. The quantitative estimate of drug-likeness (QED) is 0.537. The smallest absolute Gasteiger partial charge is 0.224 e. The minimum Gasteiger partial charge on any atom is -0.393 e. The number of nitrogens with one attached hydrogen (secondary N) is 2. The molecule has 0 aromatic rings. The van der Waals surface area contributed by atoms with Crippen LogP contribution in [0.3, 0.4) is 0 Å². The van der Waals surface area contributed by atoms with Gasteiger partial charge in [0, 0.05) is 19.0 Å². The molecule has 0 aliphatic heterocycles. The highest BCUT2D eigenvalue weighted by Gasteiger charge is 2.10. The van der Waals surface area contributed by atoms with Gasteiger partial charge >= 0.3 is 0 Å². The molecule has 0 aromatic carbocycles. The van der Waals surface area contributed by atoms with Crippen LogP contribution in [0.25, 0.3) is 0 Å². The van der Waals surface area contributed by atoms with Crippen molar-refractivity contribution >= 4 is 5.91 Å². The highest BCUT2D eigenvalue weighted by Crippen LogP contribution is 1.93. The van der Waals surface area contributed by atoms with E-state index in [-0.39, 0.29) is 17.9 Å². The first-order chi connectivity index (χ1) is 6.07. The SMILES string of the molecule is CNCC(C)C(=O)NCCC(C)O. The average molecular weight is 188 g/mol. The maximum atomic E-state index is 11.3. The predicted molar refractivity (Wildman–Crippen MR) is 52.4 cm³/mol.